The quantitative estimate of drug-likeness (QED) is 0.765. The molecule has 26 heavy (non-hydrogen) atoms. The van der Waals surface area contributed by atoms with Gasteiger partial charge in [-0.3, -0.25) is 9.48 Å². The van der Waals surface area contributed by atoms with Gasteiger partial charge in [-0.15, -0.1) is 0 Å². The Morgan fingerprint density at radius 1 is 1.12 bits per heavy atom. The van der Waals surface area contributed by atoms with Crippen molar-refractivity contribution in [3.8, 4) is 0 Å². The lowest BCUT2D eigenvalue weighted by Gasteiger charge is -2.22. The molecule has 1 fully saturated rings. The maximum absolute atomic E-state index is 12.6. The fraction of sp³-hybridized carbons (Fsp3) is 0.421. The Morgan fingerprint density at radius 3 is 2.54 bits per heavy atom. The van der Waals surface area contributed by atoms with Gasteiger partial charge in [-0.1, -0.05) is 37.5 Å². The van der Waals surface area contributed by atoms with Gasteiger partial charge in [0.25, 0.3) is 5.91 Å². The zero-order valence-electron chi connectivity index (χ0n) is 15.0. The molecule has 0 saturated heterocycles. The molecule has 1 aliphatic carbocycles. The highest BCUT2D eigenvalue weighted by atomic mass is 16.2. The van der Waals surface area contributed by atoms with Gasteiger partial charge in [0.15, 0.2) is 5.69 Å². The molecule has 1 heterocycles. The van der Waals surface area contributed by atoms with Crippen LogP contribution in [0, 0.1) is 0 Å². The molecule has 7 nitrogen and oxygen atoms in total. The molecule has 1 saturated carbocycles. The fourth-order valence-corrected chi connectivity index (χ4v) is 3.15. The maximum Gasteiger partial charge on any atom is 0.319 e. The number of urea groups is 1. The second-order valence-corrected chi connectivity index (χ2v) is 6.50. The topological polar surface area (TPSA) is 88.0 Å². The van der Waals surface area contributed by atoms with E-state index in [9.17, 15) is 9.59 Å². The summed E-state index contributed by atoms with van der Waals surface area (Å²) in [5.74, 6) is -0.351. The highest BCUT2D eigenvalue weighted by Gasteiger charge is 2.20. The van der Waals surface area contributed by atoms with E-state index in [0.29, 0.717) is 17.9 Å². The third-order valence-corrected chi connectivity index (χ3v) is 4.52. The standard InChI is InChI=1S/C19H25N5O2/c1-2-24-13-16(22-19(26)21-15-11-7-4-8-12-15)17(23-24)18(25)20-14-9-5-3-6-10-14/h3,5-6,9-10,13,15H,2,4,7-8,11-12H2,1H3,(H,20,25)(H2,21,22,26). The predicted molar refractivity (Wildman–Crippen MR) is 101 cm³/mol. The van der Waals surface area contributed by atoms with Crippen LogP contribution in [0.15, 0.2) is 36.5 Å². The van der Waals surface area contributed by atoms with Gasteiger partial charge in [0, 0.05) is 24.5 Å². The van der Waals surface area contributed by atoms with Crippen molar-refractivity contribution in [2.75, 3.05) is 10.6 Å². The second-order valence-electron chi connectivity index (χ2n) is 6.50. The SMILES string of the molecule is CCn1cc(NC(=O)NC2CCCCC2)c(C(=O)Nc2ccccc2)n1. The molecule has 0 radical (unpaired) electrons. The summed E-state index contributed by atoms with van der Waals surface area (Å²) >= 11 is 0. The molecular weight excluding hydrogens is 330 g/mol. The number of carbonyl (C=O) groups is 2. The van der Waals surface area contributed by atoms with Crippen molar-refractivity contribution in [3.63, 3.8) is 0 Å². The highest BCUT2D eigenvalue weighted by Crippen LogP contribution is 2.19. The first-order chi connectivity index (χ1) is 12.7. The number of aryl methyl sites for hydroxylation is 1. The molecule has 0 unspecified atom stereocenters. The van der Waals surface area contributed by atoms with E-state index in [1.807, 2.05) is 25.1 Å². The lowest BCUT2D eigenvalue weighted by atomic mass is 9.96. The summed E-state index contributed by atoms with van der Waals surface area (Å²) in [5.41, 5.74) is 1.30. The van der Waals surface area contributed by atoms with Crippen molar-refractivity contribution in [1.82, 2.24) is 15.1 Å². The van der Waals surface area contributed by atoms with Gasteiger partial charge in [0.05, 0.1) is 5.69 Å². The molecule has 0 bridgehead atoms. The van der Waals surface area contributed by atoms with Gasteiger partial charge in [-0.2, -0.15) is 5.10 Å². The van der Waals surface area contributed by atoms with Gasteiger partial charge < -0.3 is 16.0 Å². The summed E-state index contributed by atoms with van der Waals surface area (Å²) in [4.78, 5) is 24.9. The predicted octanol–water partition coefficient (Wildman–Crippen LogP) is 3.61. The summed E-state index contributed by atoms with van der Waals surface area (Å²) in [5, 5.41) is 12.9. The largest absolute Gasteiger partial charge is 0.335 e. The van der Waals surface area contributed by atoms with E-state index >= 15 is 0 Å². The maximum atomic E-state index is 12.6. The van der Waals surface area contributed by atoms with Crippen molar-refractivity contribution in [3.05, 3.63) is 42.2 Å². The summed E-state index contributed by atoms with van der Waals surface area (Å²) in [6.45, 7) is 2.54. The summed E-state index contributed by atoms with van der Waals surface area (Å²) in [6, 6.07) is 9.08. The molecule has 138 valence electrons. The van der Waals surface area contributed by atoms with Gasteiger partial charge in [0.2, 0.25) is 0 Å². The number of nitrogens with zero attached hydrogens (tertiary/aromatic N) is 2. The number of benzene rings is 1. The molecule has 0 aliphatic heterocycles. The smallest absolute Gasteiger partial charge is 0.319 e. The number of carbonyl (C=O) groups excluding carboxylic acids is 2. The van der Waals surface area contributed by atoms with Crippen molar-refractivity contribution < 1.29 is 9.59 Å². The first-order valence-electron chi connectivity index (χ1n) is 9.17. The molecule has 3 rings (SSSR count). The number of nitrogens with one attached hydrogen (secondary N) is 3. The van der Waals surface area contributed by atoms with E-state index in [1.54, 1.807) is 23.0 Å². The van der Waals surface area contributed by atoms with Crippen LogP contribution in [-0.4, -0.2) is 27.8 Å². The minimum Gasteiger partial charge on any atom is -0.335 e. The van der Waals surface area contributed by atoms with E-state index in [0.717, 1.165) is 25.7 Å². The first-order valence-corrected chi connectivity index (χ1v) is 9.17. The number of amides is 3. The van der Waals surface area contributed by atoms with Crippen LogP contribution in [0.2, 0.25) is 0 Å². The monoisotopic (exact) mass is 355 g/mol. The van der Waals surface area contributed by atoms with Crippen molar-refractivity contribution in [2.24, 2.45) is 0 Å². The van der Waals surface area contributed by atoms with E-state index in [4.69, 9.17) is 0 Å². The van der Waals surface area contributed by atoms with Gasteiger partial charge in [0.1, 0.15) is 0 Å². The Bertz CT molecular complexity index is 751. The Kier molecular flexibility index (Phi) is 5.88. The molecular formula is C19H25N5O2. The number of rotatable bonds is 5. The van der Waals surface area contributed by atoms with Crippen LogP contribution in [-0.2, 0) is 6.54 Å². The summed E-state index contributed by atoms with van der Waals surface area (Å²) < 4.78 is 1.64. The Labute approximate surface area is 153 Å². The number of para-hydroxylation sites is 1. The van der Waals surface area contributed by atoms with Crippen LogP contribution in [0.1, 0.15) is 49.5 Å². The highest BCUT2D eigenvalue weighted by molar-refractivity contribution is 6.08. The minimum absolute atomic E-state index is 0.201. The average molecular weight is 355 g/mol. The van der Waals surface area contributed by atoms with Crippen LogP contribution in [0.3, 0.4) is 0 Å². The van der Waals surface area contributed by atoms with Gasteiger partial charge in [-0.05, 0) is 31.9 Å². The first kappa shape index (κ1) is 18.0. The third kappa shape index (κ3) is 4.62. The normalized spacial score (nSPS) is 14.7. The zero-order valence-corrected chi connectivity index (χ0v) is 15.0. The minimum atomic E-state index is -0.351. The molecule has 1 aliphatic rings. The Morgan fingerprint density at radius 2 is 1.85 bits per heavy atom. The Balaban J connectivity index is 1.69. The fourth-order valence-electron chi connectivity index (χ4n) is 3.15. The zero-order chi connectivity index (χ0) is 18.4. The van der Waals surface area contributed by atoms with Crippen LogP contribution >= 0.6 is 0 Å². The molecule has 2 aromatic rings. The van der Waals surface area contributed by atoms with E-state index < -0.39 is 0 Å². The number of anilines is 2. The number of aromatic nitrogens is 2. The van der Waals surface area contributed by atoms with Gasteiger partial charge >= 0.3 is 6.03 Å². The van der Waals surface area contributed by atoms with Crippen LogP contribution in [0.5, 0.6) is 0 Å². The lowest BCUT2D eigenvalue weighted by Crippen LogP contribution is -2.39. The molecule has 0 spiro atoms. The summed E-state index contributed by atoms with van der Waals surface area (Å²) in [6.07, 6.45) is 7.20. The van der Waals surface area contributed by atoms with Gasteiger partial charge in [-0.25, -0.2) is 4.79 Å². The van der Waals surface area contributed by atoms with Crippen LogP contribution in [0.25, 0.3) is 0 Å². The van der Waals surface area contributed by atoms with Crippen molar-refractivity contribution >= 4 is 23.3 Å². The van der Waals surface area contributed by atoms with Crippen molar-refractivity contribution in [1.29, 1.82) is 0 Å². The second kappa shape index (κ2) is 8.51. The molecule has 3 amide bonds. The van der Waals surface area contributed by atoms with Crippen molar-refractivity contribution in [2.45, 2.75) is 51.6 Å². The Hall–Kier alpha value is -2.83. The molecule has 3 N–H and O–H groups in total. The lowest BCUT2D eigenvalue weighted by molar-refractivity contribution is 0.102. The number of hydrogen-bond acceptors (Lipinski definition) is 3. The van der Waals surface area contributed by atoms with E-state index in [2.05, 4.69) is 21.0 Å². The van der Waals surface area contributed by atoms with Crippen LogP contribution < -0.4 is 16.0 Å². The molecule has 7 heteroatoms. The molecule has 1 aromatic heterocycles. The summed E-state index contributed by atoms with van der Waals surface area (Å²) in [7, 11) is 0. The van der Waals surface area contributed by atoms with E-state index in [1.165, 1.54) is 6.42 Å². The third-order valence-electron chi connectivity index (χ3n) is 4.52. The number of hydrogen-bond donors (Lipinski definition) is 3. The average Bonchev–Trinajstić information content (AvgIpc) is 3.06. The molecule has 1 aromatic carbocycles. The van der Waals surface area contributed by atoms with Crippen LogP contribution in [0.4, 0.5) is 16.2 Å². The van der Waals surface area contributed by atoms with E-state index in [-0.39, 0.29) is 23.7 Å². The molecule has 0 atom stereocenters.